The highest BCUT2D eigenvalue weighted by Gasteiger charge is 2.15. The molecule has 26 heavy (non-hydrogen) atoms. The molecule has 0 saturated heterocycles. The van der Waals surface area contributed by atoms with Gasteiger partial charge in [-0.15, -0.1) is 15.3 Å². The number of hydrogen-bond donors (Lipinski definition) is 1. The first-order valence-corrected chi connectivity index (χ1v) is 9.71. The fraction of sp³-hybridized carbons (Fsp3) is 0.632. The molecule has 0 amide bonds. The summed E-state index contributed by atoms with van der Waals surface area (Å²) in [7, 11) is 0. The molecule has 3 heterocycles. The van der Waals surface area contributed by atoms with Crippen molar-refractivity contribution in [2.24, 2.45) is 0 Å². The first-order valence-electron chi connectivity index (χ1n) is 9.71. The van der Waals surface area contributed by atoms with Crippen molar-refractivity contribution in [3.8, 4) is 6.07 Å². The van der Waals surface area contributed by atoms with Crippen molar-refractivity contribution in [2.75, 3.05) is 11.9 Å². The van der Waals surface area contributed by atoms with E-state index in [1.54, 1.807) is 0 Å². The van der Waals surface area contributed by atoms with Gasteiger partial charge in [0.1, 0.15) is 23.3 Å². The van der Waals surface area contributed by atoms with Crippen LogP contribution in [0.3, 0.4) is 0 Å². The first-order chi connectivity index (χ1) is 12.8. The number of aryl methyl sites for hydroxylation is 3. The van der Waals surface area contributed by atoms with Crippen LogP contribution in [0.25, 0.3) is 0 Å². The van der Waals surface area contributed by atoms with Gasteiger partial charge in [0.2, 0.25) is 0 Å². The fourth-order valence-electron chi connectivity index (χ4n) is 3.60. The lowest BCUT2D eigenvalue weighted by atomic mass is 10.0. The molecule has 0 atom stereocenters. The molecule has 3 rings (SSSR count). The maximum atomic E-state index is 9.54. The average molecular weight is 353 g/mol. The van der Waals surface area contributed by atoms with Crippen LogP contribution in [0.1, 0.15) is 68.0 Å². The zero-order valence-electron chi connectivity index (χ0n) is 15.8. The predicted octanol–water partition coefficient (Wildman–Crippen LogP) is 2.84. The van der Waals surface area contributed by atoms with Gasteiger partial charge in [-0.2, -0.15) is 10.4 Å². The molecule has 0 fully saturated rings. The smallest absolute Gasteiger partial charge is 0.166 e. The number of nitriles is 1. The molecule has 0 radical (unpaired) electrons. The van der Waals surface area contributed by atoms with Crippen LogP contribution >= 0.6 is 0 Å². The van der Waals surface area contributed by atoms with Crippen molar-refractivity contribution in [1.29, 1.82) is 5.26 Å². The highest BCUT2D eigenvalue weighted by molar-refractivity contribution is 5.56. The minimum Gasteiger partial charge on any atom is -0.367 e. The van der Waals surface area contributed by atoms with Gasteiger partial charge in [-0.1, -0.05) is 20.3 Å². The molecule has 0 spiro atoms. The Kier molecular flexibility index (Phi) is 6.16. The average Bonchev–Trinajstić information content (AvgIpc) is 2.90. The molecule has 138 valence electrons. The second-order valence-corrected chi connectivity index (χ2v) is 6.69. The third kappa shape index (κ3) is 3.85. The van der Waals surface area contributed by atoms with Gasteiger partial charge in [0.15, 0.2) is 5.82 Å². The molecular formula is C19H27N7. The van der Waals surface area contributed by atoms with Crippen molar-refractivity contribution in [2.45, 2.75) is 71.8 Å². The van der Waals surface area contributed by atoms with E-state index in [9.17, 15) is 5.26 Å². The summed E-state index contributed by atoms with van der Waals surface area (Å²) >= 11 is 0. The minimum atomic E-state index is 0.599. The summed E-state index contributed by atoms with van der Waals surface area (Å²) in [6.45, 7) is 5.87. The molecule has 1 N–H and O–H groups in total. The van der Waals surface area contributed by atoms with E-state index in [-0.39, 0.29) is 0 Å². The van der Waals surface area contributed by atoms with Crippen LogP contribution in [-0.4, -0.2) is 31.5 Å². The summed E-state index contributed by atoms with van der Waals surface area (Å²) in [5.41, 5.74) is 2.56. The maximum Gasteiger partial charge on any atom is 0.166 e. The summed E-state index contributed by atoms with van der Waals surface area (Å²) < 4.78 is 2.29. The topological polar surface area (TPSA) is 92.3 Å². The normalized spacial score (nSPS) is 13.7. The van der Waals surface area contributed by atoms with E-state index < -0.39 is 0 Å². The molecule has 0 unspecified atom stereocenters. The van der Waals surface area contributed by atoms with E-state index in [1.165, 1.54) is 19.3 Å². The van der Waals surface area contributed by atoms with Crippen LogP contribution < -0.4 is 5.32 Å². The van der Waals surface area contributed by atoms with E-state index in [2.05, 4.69) is 43.3 Å². The molecule has 0 aromatic carbocycles. The first kappa shape index (κ1) is 18.3. The van der Waals surface area contributed by atoms with E-state index in [0.29, 0.717) is 11.4 Å². The summed E-state index contributed by atoms with van der Waals surface area (Å²) in [4.78, 5) is 0. The third-order valence-corrected chi connectivity index (χ3v) is 5.01. The second kappa shape index (κ2) is 8.75. The lowest BCUT2D eigenvalue weighted by Gasteiger charge is -2.12. The fourth-order valence-corrected chi connectivity index (χ4v) is 3.60. The number of aromatic nitrogens is 5. The second-order valence-electron chi connectivity index (χ2n) is 6.69. The van der Waals surface area contributed by atoms with Gasteiger partial charge < -0.3 is 9.88 Å². The summed E-state index contributed by atoms with van der Waals surface area (Å²) in [6, 6.07) is 2.30. The Morgan fingerprint density at radius 3 is 2.73 bits per heavy atom. The van der Waals surface area contributed by atoms with E-state index >= 15 is 0 Å². The van der Waals surface area contributed by atoms with Crippen molar-refractivity contribution < 1.29 is 0 Å². The van der Waals surface area contributed by atoms with E-state index in [1.807, 2.05) is 6.92 Å². The van der Waals surface area contributed by atoms with Crippen LogP contribution in [0.5, 0.6) is 0 Å². The third-order valence-electron chi connectivity index (χ3n) is 5.01. The van der Waals surface area contributed by atoms with Gasteiger partial charge in [-0.25, -0.2) is 0 Å². The Labute approximate surface area is 154 Å². The monoisotopic (exact) mass is 353 g/mol. The zero-order chi connectivity index (χ0) is 18.4. The molecule has 2 aromatic heterocycles. The predicted molar refractivity (Wildman–Crippen MR) is 99.9 cm³/mol. The van der Waals surface area contributed by atoms with Gasteiger partial charge in [0.25, 0.3) is 0 Å². The largest absolute Gasteiger partial charge is 0.367 e. The van der Waals surface area contributed by atoms with Gasteiger partial charge >= 0.3 is 0 Å². The molecule has 7 heteroatoms. The van der Waals surface area contributed by atoms with Crippen LogP contribution in [0.15, 0.2) is 0 Å². The SMILES string of the molecule is CCc1nnc(NCCCc2nnc3n2CCCCC3)c(C#N)c1CC. The molecule has 2 aromatic rings. The number of nitrogens with zero attached hydrogens (tertiary/aromatic N) is 6. The zero-order valence-corrected chi connectivity index (χ0v) is 15.8. The van der Waals surface area contributed by atoms with Crippen molar-refractivity contribution in [3.63, 3.8) is 0 Å². The Morgan fingerprint density at radius 2 is 1.96 bits per heavy atom. The van der Waals surface area contributed by atoms with Gasteiger partial charge in [-0.3, -0.25) is 0 Å². The highest BCUT2D eigenvalue weighted by atomic mass is 15.3. The molecular weight excluding hydrogens is 326 g/mol. The Bertz CT molecular complexity index is 788. The van der Waals surface area contributed by atoms with Crippen LogP contribution in [-0.2, 0) is 32.2 Å². The molecule has 1 aliphatic rings. The molecule has 1 aliphatic heterocycles. The number of hydrogen-bond acceptors (Lipinski definition) is 6. The summed E-state index contributed by atoms with van der Waals surface area (Å²) in [5, 5.41) is 30.1. The summed E-state index contributed by atoms with van der Waals surface area (Å²) in [5.74, 6) is 2.80. The number of fused-ring (bicyclic) bond motifs is 1. The molecule has 7 nitrogen and oxygen atoms in total. The van der Waals surface area contributed by atoms with Gasteiger partial charge in [-0.05, 0) is 37.7 Å². The van der Waals surface area contributed by atoms with Gasteiger partial charge in [0.05, 0.1) is 5.69 Å². The Morgan fingerprint density at radius 1 is 1.08 bits per heavy atom. The molecule has 0 saturated carbocycles. The van der Waals surface area contributed by atoms with Crippen molar-refractivity contribution >= 4 is 5.82 Å². The number of nitrogens with one attached hydrogen (secondary N) is 1. The van der Waals surface area contributed by atoms with Crippen LogP contribution in [0, 0.1) is 11.3 Å². The van der Waals surface area contributed by atoms with Crippen molar-refractivity contribution in [3.05, 3.63) is 28.5 Å². The standard InChI is InChI=1S/C19H27N7/c1-3-14-15(13-20)19(25-22-16(14)4-2)21-11-8-10-18-24-23-17-9-6-5-7-12-26(17)18/h3-12H2,1-2H3,(H,21,25). The molecule has 0 bridgehead atoms. The number of anilines is 1. The van der Waals surface area contributed by atoms with Crippen LogP contribution in [0.4, 0.5) is 5.82 Å². The summed E-state index contributed by atoms with van der Waals surface area (Å²) in [6.07, 6.45) is 8.11. The van der Waals surface area contributed by atoms with E-state index in [4.69, 9.17) is 0 Å². The quantitative estimate of drug-likeness (QED) is 0.770. The Hall–Kier alpha value is -2.49. The lowest BCUT2D eigenvalue weighted by Crippen LogP contribution is -2.12. The van der Waals surface area contributed by atoms with Crippen molar-refractivity contribution in [1.82, 2.24) is 25.0 Å². The molecule has 0 aliphatic carbocycles. The number of rotatable bonds is 7. The van der Waals surface area contributed by atoms with E-state index in [0.717, 1.165) is 68.1 Å². The maximum absolute atomic E-state index is 9.54. The minimum absolute atomic E-state index is 0.599. The van der Waals surface area contributed by atoms with Crippen LogP contribution in [0.2, 0.25) is 0 Å². The lowest BCUT2D eigenvalue weighted by molar-refractivity contribution is 0.599. The highest BCUT2D eigenvalue weighted by Crippen LogP contribution is 2.20. The Balaban J connectivity index is 1.61. The van der Waals surface area contributed by atoms with Gasteiger partial charge in [0, 0.05) is 25.9 Å².